The lowest BCUT2D eigenvalue weighted by Crippen LogP contribution is -2.44. The van der Waals surface area contributed by atoms with E-state index in [9.17, 15) is 0 Å². The number of rotatable bonds is 10. The van der Waals surface area contributed by atoms with Crippen LogP contribution in [0.2, 0.25) is 0 Å². The Bertz CT molecular complexity index is 587. The van der Waals surface area contributed by atoms with Gasteiger partial charge < -0.3 is 8.97 Å². The lowest BCUT2D eigenvalue weighted by Gasteiger charge is -2.39. The van der Waals surface area contributed by atoms with Gasteiger partial charge in [-0.2, -0.15) is 0 Å². The summed E-state index contributed by atoms with van der Waals surface area (Å²) in [6.07, 6.45) is 5.30. The second kappa shape index (κ2) is 9.34. The zero-order valence-corrected chi connectivity index (χ0v) is 17.5. The number of hydrogen-bond donors (Lipinski definition) is 0. The van der Waals surface area contributed by atoms with Crippen LogP contribution in [0.1, 0.15) is 42.9 Å². The van der Waals surface area contributed by atoms with Gasteiger partial charge in [0.25, 0.3) is 0 Å². The van der Waals surface area contributed by atoms with Crippen LogP contribution in [0.15, 0.2) is 60.7 Å². The molecule has 2 aromatic rings. The van der Waals surface area contributed by atoms with Crippen molar-refractivity contribution in [2.75, 3.05) is 48.3 Å². The molecule has 0 N–H and O–H groups in total. The van der Waals surface area contributed by atoms with E-state index in [-0.39, 0.29) is 0 Å². The SMILES string of the molecule is C[N+](C)(C)CCCCCC[N+](C)(C)C(c1ccccc1)c1ccccc1. The summed E-state index contributed by atoms with van der Waals surface area (Å²) < 4.78 is 2.08. The number of quaternary nitrogens is 2. The Labute approximate surface area is 161 Å². The van der Waals surface area contributed by atoms with Gasteiger partial charge in [-0.15, -0.1) is 0 Å². The number of nitrogens with zero attached hydrogens (tertiary/aromatic N) is 2. The minimum Gasteiger partial charge on any atom is -0.331 e. The van der Waals surface area contributed by atoms with Crippen LogP contribution in [0.3, 0.4) is 0 Å². The van der Waals surface area contributed by atoms with Crippen molar-refractivity contribution < 1.29 is 8.97 Å². The zero-order chi connectivity index (χ0) is 19.0. The molecule has 142 valence electrons. The van der Waals surface area contributed by atoms with Crippen LogP contribution in [-0.4, -0.2) is 57.3 Å². The fraction of sp³-hybridized carbons (Fsp3) is 0.500. The average molecular weight is 355 g/mol. The van der Waals surface area contributed by atoms with Crippen molar-refractivity contribution in [3.05, 3.63) is 71.8 Å². The van der Waals surface area contributed by atoms with Crippen LogP contribution in [0, 0.1) is 0 Å². The molecule has 0 fully saturated rings. The first kappa shape index (κ1) is 20.7. The Kier molecular flexibility index (Phi) is 7.43. The zero-order valence-electron chi connectivity index (χ0n) is 17.5. The second-order valence-electron chi connectivity index (χ2n) is 9.15. The second-order valence-corrected chi connectivity index (χ2v) is 9.15. The summed E-state index contributed by atoms with van der Waals surface area (Å²) in [5.74, 6) is 0. The molecule has 0 bridgehead atoms. The predicted molar refractivity (Wildman–Crippen MR) is 113 cm³/mol. The molecular weight excluding hydrogens is 316 g/mol. The molecule has 0 amide bonds. The van der Waals surface area contributed by atoms with Crippen molar-refractivity contribution in [2.45, 2.75) is 31.7 Å². The summed E-state index contributed by atoms with van der Waals surface area (Å²) >= 11 is 0. The first-order valence-electron chi connectivity index (χ1n) is 10.0. The monoisotopic (exact) mass is 354 g/mol. The molecule has 0 spiro atoms. The van der Waals surface area contributed by atoms with Crippen LogP contribution < -0.4 is 0 Å². The van der Waals surface area contributed by atoms with Gasteiger partial charge in [-0.05, 0) is 25.7 Å². The molecule has 26 heavy (non-hydrogen) atoms. The van der Waals surface area contributed by atoms with Crippen molar-refractivity contribution in [3.8, 4) is 0 Å². The van der Waals surface area contributed by atoms with E-state index in [1.165, 1.54) is 49.9 Å². The maximum Gasteiger partial charge on any atom is 0.140 e. The van der Waals surface area contributed by atoms with Gasteiger partial charge in [-0.1, -0.05) is 60.7 Å². The van der Waals surface area contributed by atoms with E-state index in [4.69, 9.17) is 0 Å². The first-order valence-corrected chi connectivity index (χ1v) is 10.0. The molecule has 0 saturated carbocycles. The van der Waals surface area contributed by atoms with Crippen LogP contribution in [-0.2, 0) is 0 Å². The largest absolute Gasteiger partial charge is 0.331 e. The Morgan fingerprint density at radius 1 is 0.577 bits per heavy atom. The van der Waals surface area contributed by atoms with Gasteiger partial charge in [0, 0.05) is 11.1 Å². The molecule has 0 aromatic heterocycles. The Morgan fingerprint density at radius 2 is 1.00 bits per heavy atom. The van der Waals surface area contributed by atoms with Crippen LogP contribution in [0.25, 0.3) is 0 Å². The maximum atomic E-state index is 2.39. The number of unbranched alkanes of at least 4 members (excludes halogenated alkanes) is 3. The van der Waals surface area contributed by atoms with Gasteiger partial charge in [-0.25, -0.2) is 0 Å². The molecule has 0 atom stereocenters. The molecule has 0 unspecified atom stereocenters. The Hall–Kier alpha value is -1.64. The maximum absolute atomic E-state index is 2.39. The minimum absolute atomic E-state index is 0.392. The van der Waals surface area contributed by atoms with Gasteiger partial charge in [-0.3, -0.25) is 0 Å². The van der Waals surface area contributed by atoms with Crippen LogP contribution in [0.5, 0.6) is 0 Å². The van der Waals surface area contributed by atoms with Gasteiger partial charge in [0.05, 0.1) is 48.3 Å². The lowest BCUT2D eigenvalue weighted by molar-refractivity contribution is -0.915. The Morgan fingerprint density at radius 3 is 1.42 bits per heavy atom. The fourth-order valence-corrected chi connectivity index (χ4v) is 3.86. The van der Waals surface area contributed by atoms with E-state index < -0.39 is 0 Å². The van der Waals surface area contributed by atoms with E-state index in [1.54, 1.807) is 0 Å². The molecule has 0 aliphatic rings. The number of benzene rings is 2. The summed E-state index contributed by atoms with van der Waals surface area (Å²) in [5.41, 5.74) is 2.82. The third-order valence-electron chi connectivity index (χ3n) is 5.24. The molecule has 2 heteroatoms. The lowest BCUT2D eigenvalue weighted by atomic mass is 9.95. The Balaban J connectivity index is 2.00. The predicted octanol–water partition coefficient (Wildman–Crippen LogP) is 5.12. The molecule has 2 rings (SSSR count). The molecule has 0 aliphatic heterocycles. The van der Waals surface area contributed by atoms with Gasteiger partial charge in [0.1, 0.15) is 6.04 Å². The molecular formula is C24H38N2+2. The summed E-state index contributed by atoms with van der Waals surface area (Å²) in [5, 5.41) is 0. The highest BCUT2D eigenvalue weighted by molar-refractivity contribution is 5.29. The van der Waals surface area contributed by atoms with Crippen molar-refractivity contribution >= 4 is 0 Å². The minimum atomic E-state index is 0.392. The van der Waals surface area contributed by atoms with Crippen LogP contribution >= 0.6 is 0 Å². The highest BCUT2D eigenvalue weighted by Crippen LogP contribution is 2.32. The van der Waals surface area contributed by atoms with E-state index >= 15 is 0 Å². The van der Waals surface area contributed by atoms with E-state index in [1.807, 2.05) is 0 Å². The third kappa shape index (κ3) is 6.59. The average Bonchev–Trinajstić information content (AvgIpc) is 2.59. The third-order valence-corrected chi connectivity index (χ3v) is 5.24. The first-order chi connectivity index (χ1) is 12.3. The summed E-state index contributed by atoms with van der Waals surface area (Å²) in [6.45, 7) is 2.48. The van der Waals surface area contributed by atoms with Crippen molar-refractivity contribution in [1.29, 1.82) is 0 Å². The summed E-state index contributed by atoms with van der Waals surface area (Å²) in [7, 11) is 11.6. The summed E-state index contributed by atoms with van der Waals surface area (Å²) in [6, 6.07) is 22.4. The van der Waals surface area contributed by atoms with Gasteiger partial charge >= 0.3 is 0 Å². The topological polar surface area (TPSA) is 0 Å². The smallest absolute Gasteiger partial charge is 0.140 e. The molecule has 0 radical (unpaired) electrons. The molecule has 2 nitrogen and oxygen atoms in total. The normalized spacial score (nSPS) is 12.5. The standard InChI is InChI=1S/C24H38N2/c1-25(2,3)20-14-6-7-15-21-26(4,5)24(22-16-10-8-11-17-22)23-18-12-9-13-19-23/h8-13,16-19,24H,6-7,14-15,20-21H2,1-5H3/q+2. The van der Waals surface area contributed by atoms with E-state index in [0.717, 1.165) is 8.97 Å². The van der Waals surface area contributed by atoms with E-state index in [2.05, 4.69) is 95.9 Å². The summed E-state index contributed by atoms with van der Waals surface area (Å²) in [4.78, 5) is 0. The van der Waals surface area contributed by atoms with Gasteiger partial charge in [0.15, 0.2) is 0 Å². The van der Waals surface area contributed by atoms with Crippen LogP contribution in [0.4, 0.5) is 0 Å². The van der Waals surface area contributed by atoms with Crippen molar-refractivity contribution in [1.82, 2.24) is 0 Å². The molecule has 0 aliphatic carbocycles. The molecule has 0 saturated heterocycles. The van der Waals surface area contributed by atoms with Crippen molar-refractivity contribution in [2.24, 2.45) is 0 Å². The molecule has 2 aromatic carbocycles. The van der Waals surface area contributed by atoms with Crippen molar-refractivity contribution in [3.63, 3.8) is 0 Å². The quantitative estimate of drug-likeness (QED) is 0.410. The van der Waals surface area contributed by atoms with Gasteiger partial charge in [0.2, 0.25) is 0 Å². The number of hydrogen-bond acceptors (Lipinski definition) is 0. The molecule has 0 heterocycles. The highest BCUT2D eigenvalue weighted by atomic mass is 15.3. The fourth-order valence-electron chi connectivity index (χ4n) is 3.86. The highest BCUT2D eigenvalue weighted by Gasteiger charge is 2.30. The van der Waals surface area contributed by atoms with E-state index in [0.29, 0.717) is 6.04 Å².